The highest BCUT2D eigenvalue weighted by Crippen LogP contribution is 2.20. The highest BCUT2D eigenvalue weighted by Gasteiger charge is 2.15. The Morgan fingerprint density at radius 3 is 2.38 bits per heavy atom. The van der Waals surface area contributed by atoms with Crippen molar-refractivity contribution in [2.75, 3.05) is 6.54 Å². The Bertz CT molecular complexity index is 837. The molecular formula is C16H16Cl2N2O3S. The molecule has 0 saturated carbocycles. The predicted octanol–water partition coefficient (Wildman–Crippen LogP) is 2.90. The van der Waals surface area contributed by atoms with E-state index in [9.17, 15) is 13.2 Å². The van der Waals surface area contributed by atoms with E-state index >= 15 is 0 Å². The van der Waals surface area contributed by atoms with Crippen molar-refractivity contribution in [1.82, 2.24) is 10.0 Å². The quantitative estimate of drug-likeness (QED) is 0.801. The van der Waals surface area contributed by atoms with Crippen molar-refractivity contribution in [1.29, 1.82) is 0 Å². The fraction of sp³-hybridized carbons (Fsp3) is 0.188. The van der Waals surface area contributed by atoms with Gasteiger partial charge in [-0.15, -0.1) is 0 Å². The normalized spacial score (nSPS) is 11.3. The molecule has 0 saturated heterocycles. The molecule has 24 heavy (non-hydrogen) atoms. The minimum Gasteiger partial charge on any atom is -0.351 e. The predicted molar refractivity (Wildman–Crippen MR) is 94.7 cm³/mol. The number of benzene rings is 2. The summed E-state index contributed by atoms with van der Waals surface area (Å²) in [5, 5.41) is 3.53. The van der Waals surface area contributed by atoms with E-state index in [0.717, 1.165) is 5.56 Å². The van der Waals surface area contributed by atoms with Crippen molar-refractivity contribution in [3.8, 4) is 0 Å². The fourth-order valence-electron chi connectivity index (χ4n) is 1.88. The van der Waals surface area contributed by atoms with Crippen LogP contribution in [-0.2, 0) is 21.4 Å². The molecule has 1 amide bonds. The minimum atomic E-state index is -3.72. The highest BCUT2D eigenvalue weighted by atomic mass is 35.5. The molecule has 0 aliphatic carbocycles. The zero-order chi connectivity index (χ0) is 17.7. The first-order valence-electron chi connectivity index (χ1n) is 7.05. The zero-order valence-corrected chi connectivity index (χ0v) is 15.2. The summed E-state index contributed by atoms with van der Waals surface area (Å²) in [5.41, 5.74) is 1.64. The number of halogens is 2. The van der Waals surface area contributed by atoms with Gasteiger partial charge in [-0.05, 0) is 36.8 Å². The summed E-state index contributed by atoms with van der Waals surface area (Å²) in [5.74, 6) is -0.461. The van der Waals surface area contributed by atoms with Gasteiger partial charge in [-0.3, -0.25) is 4.79 Å². The third-order valence-corrected chi connectivity index (χ3v) is 5.25. The van der Waals surface area contributed by atoms with Crippen LogP contribution in [0.4, 0.5) is 0 Å². The van der Waals surface area contributed by atoms with Crippen LogP contribution in [0.2, 0.25) is 10.0 Å². The lowest BCUT2D eigenvalue weighted by molar-refractivity contribution is -0.120. The number of hydrogen-bond donors (Lipinski definition) is 2. The summed E-state index contributed by atoms with van der Waals surface area (Å²) in [7, 11) is -3.72. The third-order valence-electron chi connectivity index (χ3n) is 3.25. The molecule has 5 nitrogen and oxygen atoms in total. The van der Waals surface area contributed by atoms with E-state index in [1.54, 1.807) is 30.3 Å². The SMILES string of the molecule is Cc1ccc(S(=O)(=O)NCC(=O)NCc2ccc(Cl)cc2Cl)cc1. The molecule has 0 fully saturated rings. The second-order valence-electron chi connectivity index (χ2n) is 5.15. The van der Waals surface area contributed by atoms with Crippen molar-refractivity contribution in [2.24, 2.45) is 0 Å². The maximum absolute atomic E-state index is 12.1. The molecule has 0 unspecified atom stereocenters. The van der Waals surface area contributed by atoms with Gasteiger partial charge in [-0.1, -0.05) is 47.0 Å². The molecule has 2 aromatic carbocycles. The van der Waals surface area contributed by atoms with Crippen LogP contribution in [0, 0.1) is 6.92 Å². The lowest BCUT2D eigenvalue weighted by Gasteiger charge is -2.09. The van der Waals surface area contributed by atoms with Crippen LogP contribution in [0.1, 0.15) is 11.1 Å². The van der Waals surface area contributed by atoms with Crippen LogP contribution in [-0.4, -0.2) is 20.9 Å². The van der Waals surface area contributed by atoms with Crippen LogP contribution in [0.3, 0.4) is 0 Å². The molecule has 0 atom stereocenters. The zero-order valence-electron chi connectivity index (χ0n) is 12.8. The summed E-state index contributed by atoms with van der Waals surface area (Å²) >= 11 is 11.8. The van der Waals surface area contributed by atoms with Gasteiger partial charge in [-0.25, -0.2) is 13.1 Å². The first kappa shape index (κ1) is 18.7. The number of nitrogens with one attached hydrogen (secondary N) is 2. The summed E-state index contributed by atoms with van der Waals surface area (Å²) in [6.45, 7) is 1.68. The Kier molecular flexibility index (Phi) is 6.23. The molecular weight excluding hydrogens is 371 g/mol. The molecule has 8 heteroatoms. The maximum atomic E-state index is 12.1. The number of sulfonamides is 1. The number of carbonyl (C=O) groups excluding carboxylic acids is 1. The Morgan fingerprint density at radius 2 is 1.75 bits per heavy atom. The molecule has 0 radical (unpaired) electrons. The third kappa shape index (κ3) is 5.21. The van der Waals surface area contributed by atoms with Crippen molar-refractivity contribution in [3.05, 3.63) is 63.6 Å². The lowest BCUT2D eigenvalue weighted by atomic mass is 10.2. The topological polar surface area (TPSA) is 75.3 Å². The Hall–Kier alpha value is -1.60. The summed E-state index contributed by atoms with van der Waals surface area (Å²) in [6.07, 6.45) is 0. The monoisotopic (exact) mass is 386 g/mol. The average Bonchev–Trinajstić information content (AvgIpc) is 2.52. The molecule has 0 heterocycles. The van der Waals surface area contributed by atoms with Crippen LogP contribution in [0.15, 0.2) is 47.4 Å². The van der Waals surface area contributed by atoms with Gasteiger partial charge in [0, 0.05) is 16.6 Å². The van der Waals surface area contributed by atoms with E-state index in [1.165, 1.54) is 12.1 Å². The van der Waals surface area contributed by atoms with Gasteiger partial charge in [0.05, 0.1) is 11.4 Å². The summed E-state index contributed by atoms with van der Waals surface area (Å²) in [6, 6.07) is 11.3. The number of carbonyl (C=O) groups is 1. The highest BCUT2D eigenvalue weighted by molar-refractivity contribution is 7.89. The van der Waals surface area contributed by atoms with Crippen LogP contribution in [0.25, 0.3) is 0 Å². The van der Waals surface area contributed by atoms with Crippen molar-refractivity contribution >= 4 is 39.1 Å². The number of aryl methyl sites for hydroxylation is 1. The standard InChI is InChI=1S/C16H16Cl2N2O3S/c1-11-2-6-14(7-3-11)24(22,23)20-10-16(21)19-9-12-4-5-13(17)8-15(12)18/h2-8,20H,9-10H2,1H3,(H,19,21). The van der Waals surface area contributed by atoms with E-state index < -0.39 is 15.9 Å². The van der Waals surface area contributed by atoms with Gasteiger partial charge < -0.3 is 5.32 Å². The molecule has 0 aliphatic rings. The summed E-state index contributed by atoms with van der Waals surface area (Å²) < 4.78 is 26.4. The van der Waals surface area contributed by atoms with Gasteiger partial charge in [0.15, 0.2) is 0 Å². The van der Waals surface area contributed by atoms with Gasteiger partial charge in [0.1, 0.15) is 0 Å². The van der Waals surface area contributed by atoms with E-state index in [4.69, 9.17) is 23.2 Å². The van der Waals surface area contributed by atoms with Crippen molar-refractivity contribution in [2.45, 2.75) is 18.4 Å². The molecule has 0 aliphatic heterocycles. The van der Waals surface area contributed by atoms with Crippen LogP contribution < -0.4 is 10.0 Å². The van der Waals surface area contributed by atoms with E-state index in [1.807, 2.05) is 6.92 Å². The molecule has 2 N–H and O–H groups in total. The van der Waals surface area contributed by atoms with Crippen molar-refractivity contribution < 1.29 is 13.2 Å². The molecule has 0 spiro atoms. The molecule has 128 valence electrons. The largest absolute Gasteiger partial charge is 0.351 e. The van der Waals surface area contributed by atoms with Crippen LogP contribution >= 0.6 is 23.2 Å². The molecule has 0 bridgehead atoms. The molecule has 2 rings (SSSR count). The maximum Gasteiger partial charge on any atom is 0.241 e. The van der Waals surface area contributed by atoms with Gasteiger partial charge in [-0.2, -0.15) is 0 Å². The molecule has 2 aromatic rings. The average molecular weight is 387 g/mol. The van der Waals surface area contributed by atoms with Gasteiger partial charge >= 0.3 is 0 Å². The lowest BCUT2D eigenvalue weighted by Crippen LogP contribution is -2.36. The number of amides is 1. The second kappa shape index (κ2) is 7.98. The Balaban J connectivity index is 1.89. The Labute approximate surface area is 151 Å². The van der Waals surface area contributed by atoms with Gasteiger partial charge in [0.25, 0.3) is 0 Å². The fourth-order valence-corrected chi connectivity index (χ4v) is 3.34. The number of rotatable bonds is 6. The van der Waals surface area contributed by atoms with E-state index in [2.05, 4.69) is 10.0 Å². The van der Waals surface area contributed by atoms with Crippen molar-refractivity contribution in [3.63, 3.8) is 0 Å². The van der Waals surface area contributed by atoms with Gasteiger partial charge in [0.2, 0.25) is 15.9 Å². The summed E-state index contributed by atoms with van der Waals surface area (Å²) in [4.78, 5) is 11.9. The number of hydrogen-bond acceptors (Lipinski definition) is 3. The van der Waals surface area contributed by atoms with E-state index in [-0.39, 0.29) is 18.0 Å². The van der Waals surface area contributed by atoms with Crippen LogP contribution in [0.5, 0.6) is 0 Å². The second-order valence-corrected chi connectivity index (χ2v) is 7.76. The Morgan fingerprint density at radius 1 is 1.08 bits per heavy atom. The molecule has 0 aromatic heterocycles. The van der Waals surface area contributed by atoms with E-state index in [0.29, 0.717) is 15.6 Å². The first-order chi connectivity index (χ1) is 11.3. The minimum absolute atomic E-state index is 0.113. The first-order valence-corrected chi connectivity index (χ1v) is 9.29. The smallest absolute Gasteiger partial charge is 0.241 e.